The molecule has 19 heavy (non-hydrogen) atoms. The molecule has 3 rings (SSSR count). The fraction of sp³-hybridized carbons (Fsp3) is 0.231. The van der Waals surface area contributed by atoms with E-state index in [1.165, 1.54) is 0 Å². The van der Waals surface area contributed by atoms with Gasteiger partial charge in [-0.15, -0.1) is 0 Å². The zero-order valence-electron chi connectivity index (χ0n) is 10.1. The minimum absolute atomic E-state index is 0.664. The third-order valence-corrected chi connectivity index (χ3v) is 4.13. The number of hydrogen-bond acceptors (Lipinski definition) is 4. The number of aromatic nitrogens is 2. The van der Waals surface area contributed by atoms with Gasteiger partial charge in [-0.3, -0.25) is 0 Å². The zero-order chi connectivity index (χ0) is 13.4. The maximum absolute atomic E-state index is 5.95. The van der Waals surface area contributed by atoms with E-state index in [-0.39, 0.29) is 0 Å². The molecule has 1 aliphatic rings. The summed E-state index contributed by atoms with van der Waals surface area (Å²) in [5.74, 6) is 6.94. The molecule has 6 heteroatoms. The largest absolute Gasteiger partial charge is 0.308 e. The van der Waals surface area contributed by atoms with Gasteiger partial charge in [0.25, 0.3) is 0 Å². The summed E-state index contributed by atoms with van der Waals surface area (Å²) in [7, 11) is 0. The first-order valence-corrected chi connectivity index (χ1v) is 7.18. The van der Waals surface area contributed by atoms with Crippen molar-refractivity contribution in [3.05, 3.63) is 39.0 Å². The van der Waals surface area contributed by atoms with Crippen molar-refractivity contribution in [2.45, 2.75) is 19.3 Å². The number of benzene rings is 1. The lowest BCUT2D eigenvalue weighted by atomic mass is 10.2. The van der Waals surface area contributed by atoms with Crippen LogP contribution in [0.5, 0.6) is 0 Å². The van der Waals surface area contributed by atoms with Crippen LogP contribution in [0.2, 0.25) is 5.02 Å². The van der Waals surface area contributed by atoms with Gasteiger partial charge >= 0.3 is 0 Å². The molecule has 0 amide bonds. The van der Waals surface area contributed by atoms with E-state index in [9.17, 15) is 0 Å². The highest BCUT2D eigenvalue weighted by atomic mass is 79.9. The number of nitrogens with two attached hydrogens (primary N) is 1. The molecular formula is C13H12BrClN4. The van der Waals surface area contributed by atoms with Crippen LogP contribution in [-0.4, -0.2) is 9.97 Å². The van der Waals surface area contributed by atoms with Crippen LogP contribution in [0.1, 0.15) is 17.7 Å². The van der Waals surface area contributed by atoms with E-state index in [2.05, 4.69) is 31.3 Å². The van der Waals surface area contributed by atoms with Gasteiger partial charge < -0.3 is 5.43 Å². The minimum Gasteiger partial charge on any atom is -0.308 e. The van der Waals surface area contributed by atoms with E-state index in [0.29, 0.717) is 10.8 Å². The van der Waals surface area contributed by atoms with Crippen molar-refractivity contribution in [3.63, 3.8) is 0 Å². The molecule has 0 bridgehead atoms. The van der Waals surface area contributed by atoms with Gasteiger partial charge in [0.05, 0.1) is 0 Å². The molecule has 0 unspecified atom stereocenters. The fourth-order valence-electron chi connectivity index (χ4n) is 2.34. The summed E-state index contributed by atoms with van der Waals surface area (Å²) in [6.45, 7) is 0. The van der Waals surface area contributed by atoms with Crippen LogP contribution in [0.15, 0.2) is 22.7 Å². The molecular weight excluding hydrogens is 328 g/mol. The molecule has 0 atom stereocenters. The van der Waals surface area contributed by atoms with Gasteiger partial charge in [-0.05, 0) is 53.4 Å². The molecule has 98 valence electrons. The number of anilines is 1. The Morgan fingerprint density at radius 1 is 1.26 bits per heavy atom. The summed E-state index contributed by atoms with van der Waals surface area (Å²) in [4.78, 5) is 9.15. The quantitative estimate of drug-likeness (QED) is 0.650. The van der Waals surface area contributed by atoms with Crippen molar-refractivity contribution in [2.24, 2.45) is 5.84 Å². The summed E-state index contributed by atoms with van der Waals surface area (Å²) in [6, 6.07) is 5.57. The average Bonchev–Trinajstić information content (AvgIpc) is 2.85. The number of nitrogen functional groups attached to an aromatic ring is 1. The van der Waals surface area contributed by atoms with E-state index in [1.807, 2.05) is 18.2 Å². The summed E-state index contributed by atoms with van der Waals surface area (Å²) in [5.41, 5.74) is 5.81. The SMILES string of the molecule is NNc1nc(-c2ccc(Cl)cc2Br)nc2c1CCC2. The predicted octanol–water partition coefficient (Wildman–Crippen LogP) is 3.33. The number of hydrazine groups is 1. The van der Waals surface area contributed by atoms with Crippen molar-refractivity contribution >= 4 is 33.3 Å². The first-order chi connectivity index (χ1) is 9.19. The molecule has 3 N–H and O–H groups in total. The zero-order valence-corrected chi connectivity index (χ0v) is 12.4. The van der Waals surface area contributed by atoms with Gasteiger partial charge in [-0.25, -0.2) is 15.8 Å². The predicted molar refractivity (Wildman–Crippen MR) is 80.0 cm³/mol. The highest BCUT2D eigenvalue weighted by Crippen LogP contribution is 2.32. The molecule has 1 aromatic carbocycles. The monoisotopic (exact) mass is 338 g/mol. The van der Waals surface area contributed by atoms with Crippen LogP contribution in [0.25, 0.3) is 11.4 Å². The topological polar surface area (TPSA) is 63.8 Å². The van der Waals surface area contributed by atoms with Crippen LogP contribution in [0.3, 0.4) is 0 Å². The Bertz CT molecular complexity index is 645. The molecule has 4 nitrogen and oxygen atoms in total. The first kappa shape index (κ1) is 12.8. The van der Waals surface area contributed by atoms with E-state index < -0.39 is 0 Å². The normalized spacial score (nSPS) is 13.4. The smallest absolute Gasteiger partial charge is 0.162 e. The van der Waals surface area contributed by atoms with Gasteiger partial charge in [0, 0.05) is 26.3 Å². The molecule has 0 spiro atoms. The highest BCUT2D eigenvalue weighted by Gasteiger charge is 2.20. The maximum atomic E-state index is 5.95. The average molecular weight is 340 g/mol. The summed E-state index contributed by atoms with van der Waals surface area (Å²) in [6.07, 6.45) is 3.06. The Morgan fingerprint density at radius 2 is 2.11 bits per heavy atom. The second kappa shape index (κ2) is 5.07. The number of nitrogens with one attached hydrogen (secondary N) is 1. The van der Waals surface area contributed by atoms with Crippen molar-refractivity contribution in [2.75, 3.05) is 5.43 Å². The van der Waals surface area contributed by atoms with E-state index in [0.717, 1.165) is 46.4 Å². The molecule has 0 saturated carbocycles. The Labute approximate surface area is 124 Å². The van der Waals surface area contributed by atoms with Crippen molar-refractivity contribution in [1.82, 2.24) is 9.97 Å². The van der Waals surface area contributed by atoms with Gasteiger partial charge in [-0.1, -0.05) is 11.6 Å². The Kier molecular flexibility index (Phi) is 3.43. The van der Waals surface area contributed by atoms with Crippen LogP contribution < -0.4 is 11.3 Å². The van der Waals surface area contributed by atoms with Gasteiger partial charge in [0.1, 0.15) is 5.82 Å². The van der Waals surface area contributed by atoms with E-state index >= 15 is 0 Å². The lowest BCUT2D eigenvalue weighted by Gasteiger charge is -2.10. The molecule has 0 fully saturated rings. The van der Waals surface area contributed by atoms with Crippen LogP contribution in [-0.2, 0) is 12.8 Å². The number of aryl methyl sites for hydroxylation is 1. The van der Waals surface area contributed by atoms with Gasteiger partial charge in [0.2, 0.25) is 0 Å². The minimum atomic E-state index is 0.664. The van der Waals surface area contributed by atoms with Crippen molar-refractivity contribution in [3.8, 4) is 11.4 Å². The van der Waals surface area contributed by atoms with E-state index in [1.54, 1.807) is 0 Å². The highest BCUT2D eigenvalue weighted by molar-refractivity contribution is 9.10. The third kappa shape index (κ3) is 2.33. The molecule has 0 radical (unpaired) electrons. The molecule has 2 aromatic rings. The van der Waals surface area contributed by atoms with E-state index in [4.69, 9.17) is 17.4 Å². The summed E-state index contributed by atoms with van der Waals surface area (Å²) >= 11 is 9.45. The number of hydrogen-bond donors (Lipinski definition) is 2. The van der Waals surface area contributed by atoms with Crippen LogP contribution in [0, 0.1) is 0 Å². The number of fused-ring (bicyclic) bond motifs is 1. The second-order valence-corrected chi connectivity index (χ2v) is 5.73. The lowest BCUT2D eigenvalue weighted by Crippen LogP contribution is -2.12. The number of halogens is 2. The molecule has 0 aliphatic heterocycles. The van der Waals surface area contributed by atoms with Crippen molar-refractivity contribution < 1.29 is 0 Å². The molecule has 0 saturated heterocycles. The van der Waals surface area contributed by atoms with Gasteiger partial charge in [0.15, 0.2) is 5.82 Å². The fourth-order valence-corrected chi connectivity index (χ4v) is 3.20. The summed E-state index contributed by atoms with van der Waals surface area (Å²) in [5, 5.41) is 0.675. The number of nitrogens with zero attached hydrogens (tertiary/aromatic N) is 2. The van der Waals surface area contributed by atoms with Crippen LogP contribution in [0.4, 0.5) is 5.82 Å². The number of rotatable bonds is 2. The lowest BCUT2D eigenvalue weighted by molar-refractivity contribution is 0.900. The van der Waals surface area contributed by atoms with Crippen molar-refractivity contribution in [1.29, 1.82) is 0 Å². The molecule has 1 aromatic heterocycles. The summed E-state index contributed by atoms with van der Waals surface area (Å²) < 4.78 is 0.876. The Hall–Kier alpha value is -1.17. The van der Waals surface area contributed by atoms with Crippen LogP contribution >= 0.6 is 27.5 Å². The first-order valence-electron chi connectivity index (χ1n) is 6.01. The van der Waals surface area contributed by atoms with Gasteiger partial charge in [-0.2, -0.15) is 0 Å². The molecule has 1 aliphatic carbocycles. The third-order valence-electron chi connectivity index (χ3n) is 3.24. The second-order valence-electron chi connectivity index (χ2n) is 4.44. The standard InChI is InChI=1S/C13H12BrClN4/c14-10-6-7(15)4-5-8(10)12-17-11-3-1-2-9(11)13(18-12)19-16/h4-6H,1-3,16H2,(H,17,18,19). The Morgan fingerprint density at radius 3 is 2.84 bits per heavy atom. The molecule has 1 heterocycles. The maximum Gasteiger partial charge on any atom is 0.162 e. The Balaban J connectivity index is 2.15.